The van der Waals surface area contributed by atoms with Gasteiger partial charge in [0.05, 0.1) is 18.3 Å². The number of hydrogen-bond donors (Lipinski definition) is 1. The fourth-order valence-corrected chi connectivity index (χ4v) is 1.55. The van der Waals surface area contributed by atoms with Gasteiger partial charge in [-0.3, -0.25) is 0 Å². The molecule has 0 radical (unpaired) electrons. The van der Waals surface area contributed by atoms with Crippen molar-refractivity contribution >= 4 is 5.69 Å². The summed E-state index contributed by atoms with van der Waals surface area (Å²) in [4.78, 5) is 0. The van der Waals surface area contributed by atoms with Gasteiger partial charge in [-0.1, -0.05) is 11.3 Å². The first kappa shape index (κ1) is 13.5. The molecular weight excluding hydrogens is 250 g/mol. The molecule has 0 amide bonds. The second-order valence-electron chi connectivity index (χ2n) is 5.28. The second kappa shape index (κ2) is 4.95. The molecule has 0 bridgehead atoms. The quantitative estimate of drug-likeness (QED) is 0.928. The van der Waals surface area contributed by atoms with Crippen LogP contribution in [-0.2, 0) is 12.1 Å². The summed E-state index contributed by atoms with van der Waals surface area (Å²) in [6.07, 6.45) is 1.76. The zero-order chi connectivity index (χ0) is 14.0. The number of nitrogens with one attached hydrogen (secondary N) is 1. The number of halogens is 2. The zero-order valence-corrected chi connectivity index (χ0v) is 11.1. The van der Waals surface area contributed by atoms with Gasteiger partial charge in [0, 0.05) is 0 Å². The lowest BCUT2D eigenvalue weighted by Crippen LogP contribution is -2.22. The molecule has 1 N–H and O–H groups in total. The fraction of sp³-hybridized carbons (Fsp3) is 0.385. The number of rotatable bonds is 3. The van der Waals surface area contributed by atoms with E-state index in [1.807, 2.05) is 20.8 Å². The van der Waals surface area contributed by atoms with Crippen molar-refractivity contribution in [2.75, 3.05) is 5.32 Å². The van der Waals surface area contributed by atoms with Crippen LogP contribution in [0.5, 0.6) is 0 Å². The Morgan fingerprint density at radius 2 is 1.84 bits per heavy atom. The third-order valence-corrected chi connectivity index (χ3v) is 2.64. The standard InChI is InChI=1S/C13H16F2N4/c1-13(2,3)19-8-9(17-18-19)7-16-12-10(14)5-4-6-11(12)15/h4-6,8,16H,7H2,1-3H3. The average molecular weight is 266 g/mol. The van der Waals surface area contributed by atoms with E-state index in [1.165, 1.54) is 18.2 Å². The molecule has 102 valence electrons. The summed E-state index contributed by atoms with van der Waals surface area (Å²) in [5, 5.41) is 10.6. The SMILES string of the molecule is CC(C)(C)n1cc(CNc2c(F)cccc2F)nn1. The van der Waals surface area contributed by atoms with Crippen LogP contribution >= 0.6 is 0 Å². The molecule has 0 saturated heterocycles. The van der Waals surface area contributed by atoms with E-state index in [2.05, 4.69) is 15.6 Å². The van der Waals surface area contributed by atoms with E-state index >= 15 is 0 Å². The maximum atomic E-state index is 13.4. The largest absolute Gasteiger partial charge is 0.375 e. The predicted molar refractivity (Wildman–Crippen MR) is 68.7 cm³/mol. The van der Waals surface area contributed by atoms with Crippen LogP contribution in [0.2, 0.25) is 0 Å². The van der Waals surface area contributed by atoms with Crippen LogP contribution in [0.4, 0.5) is 14.5 Å². The number of benzene rings is 1. The van der Waals surface area contributed by atoms with E-state index in [-0.39, 0.29) is 17.8 Å². The highest BCUT2D eigenvalue weighted by Gasteiger charge is 2.15. The lowest BCUT2D eigenvalue weighted by atomic mass is 10.1. The lowest BCUT2D eigenvalue weighted by molar-refractivity contribution is 0.347. The molecule has 0 unspecified atom stereocenters. The molecule has 19 heavy (non-hydrogen) atoms. The monoisotopic (exact) mass is 266 g/mol. The van der Waals surface area contributed by atoms with Crippen LogP contribution in [0.3, 0.4) is 0 Å². The van der Waals surface area contributed by atoms with Crippen LogP contribution in [-0.4, -0.2) is 15.0 Å². The topological polar surface area (TPSA) is 42.7 Å². The molecule has 0 aliphatic rings. The first-order chi connectivity index (χ1) is 8.88. The van der Waals surface area contributed by atoms with Crippen LogP contribution < -0.4 is 5.32 Å². The summed E-state index contributed by atoms with van der Waals surface area (Å²) in [6.45, 7) is 6.20. The minimum Gasteiger partial charge on any atom is -0.375 e. The van der Waals surface area contributed by atoms with Gasteiger partial charge in [-0.25, -0.2) is 13.5 Å². The Morgan fingerprint density at radius 3 is 2.37 bits per heavy atom. The summed E-state index contributed by atoms with van der Waals surface area (Å²) < 4.78 is 28.5. The van der Waals surface area contributed by atoms with Crippen LogP contribution in [0, 0.1) is 11.6 Å². The molecule has 0 aliphatic carbocycles. The van der Waals surface area contributed by atoms with Crippen molar-refractivity contribution in [1.82, 2.24) is 15.0 Å². The average Bonchev–Trinajstić information content (AvgIpc) is 2.77. The molecule has 2 rings (SSSR count). The number of para-hydroxylation sites is 1. The normalized spacial score (nSPS) is 11.6. The van der Waals surface area contributed by atoms with Gasteiger partial charge in [0.1, 0.15) is 23.0 Å². The minimum atomic E-state index is -0.622. The second-order valence-corrected chi connectivity index (χ2v) is 5.28. The van der Waals surface area contributed by atoms with E-state index < -0.39 is 11.6 Å². The summed E-state index contributed by atoms with van der Waals surface area (Å²) >= 11 is 0. The molecule has 0 atom stereocenters. The van der Waals surface area contributed by atoms with Crippen molar-refractivity contribution < 1.29 is 8.78 Å². The van der Waals surface area contributed by atoms with Gasteiger partial charge in [-0.05, 0) is 32.9 Å². The molecular formula is C13H16F2N4. The van der Waals surface area contributed by atoms with Crippen molar-refractivity contribution in [2.24, 2.45) is 0 Å². The number of hydrogen-bond acceptors (Lipinski definition) is 3. The van der Waals surface area contributed by atoms with Crippen molar-refractivity contribution in [2.45, 2.75) is 32.9 Å². The number of anilines is 1. The maximum absolute atomic E-state index is 13.4. The third-order valence-electron chi connectivity index (χ3n) is 2.64. The molecule has 1 heterocycles. The van der Waals surface area contributed by atoms with Gasteiger partial charge in [-0.2, -0.15) is 0 Å². The van der Waals surface area contributed by atoms with Gasteiger partial charge in [0.25, 0.3) is 0 Å². The van der Waals surface area contributed by atoms with Gasteiger partial charge in [0.15, 0.2) is 0 Å². The van der Waals surface area contributed by atoms with Crippen LogP contribution in [0.15, 0.2) is 24.4 Å². The zero-order valence-electron chi connectivity index (χ0n) is 11.1. The summed E-state index contributed by atoms with van der Waals surface area (Å²) in [5.74, 6) is -1.24. The predicted octanol–water partition coefficient (Wildman–Crippen LogP) is 2.92. The van der Waals surface area contributed by atoms with E-state index in [4.69, 9.17) is 0 Å². The van der Waals surface area contributed by atoms with E-state index in [0.29, 0.717) is 5.69 Å². The molecule has 0 fully saturated rings. The molecule has 0 saturated carbocycles. The van der Waals surface area contributed by atoms with Crippen molar-refractivity contribution in [3.8, 4) is 0 Å². The Balaban J connectivity index is 2.09. The number of nitrogens with zero attached hydrogens (tertiary/aromatic N) is 3. The Morgan fingerprint density at radius 1 is 1.21 bits per heavy atom. The van der Waals surface area contributed by atoms with Crippen molar-refractivity contribution in [3.05, 3.63) is 41.7 Å². The van der Waals surface area contributed by atoms with Crippen molar-refractivity contribution in [3.63, 3.8) is 0 Å². The summed E-state index contributed by atoms with van der Waals surface area (Å²) in [7, 11) is 0. The molecule has 2 aromatic rings. The number of aromatic nitrogens is 3. The van der Waals surface area contributed by atoms with E-state index in [1.54, 1.807) is 10.9 Å². The Bertz CT molecular complexity index is 552. The highest BCUT2D eigenvalue weighted by molar-refractivity contribution is 5.46. The first-order valence-corrected chi connectivity index (χ1v) is 5.97. The molecule has 0 aliphatic heterocycles. The van der Waals surface area contributed by atoms with Gasteiger partial charge >= 0.3 is 0 Å². The molecule has 0 spiro atoms. The van der Waals surface area contributed by atoms with E-state index in [9.17, 15) is 8.78 Å². The molecule has 4 nitrogen and oxygen atoms in total. The van der Waals surface area contributed by atoms with Crippen LogP contribution in [0.1, 0.15) is 26.5 Å². The highest BCUT2D eigenvalue weighted by atomic mass is 19.1. The fourth-order valence-electron chi connectivity index (χ4n) is 1.55. The summed E-state index contributed by atoms with van der Waals surface area (Å²) in [6, 6.07) is 3.74. The molecule has 6 heteroatoms. The smallest absolute Gasteiger partial charge is 0.149 e. The maximum Gasteiger partial charge on any atom is 0.149 e. The van der Waals surface area contributed by atoms with Crippen LogP contribution in [0.25, 0.3) is 0 Å². The van der Waals surface area contributed by atoms with Crippen molar-refractivity contribution in [1.29, 1.82) is 0 Å². The Hall–Kier alpha value is -1.98. The first-order valence-electron chi connectivity index (χ1n) is 5.97. The van der Waals surface area contributed by atoms with Gasteiger partial charge < -0.3 is 5.32 Å². The third kappa shape index (κ3) is 3.07. The molecule has 1 aromatic heterocycles. The Labute approximate surface area is 110 Å². The van der Waals surface area contributed by atoms with E-state index in [0.717, 1.165) is 0 Å². The van der Waals surface area contributed by atoms with Gasteiger partial charge in [0.2, 0.25) is 0 Å². The van der Waals surface area contributed by atoms with Gasteiger partial charge in [-0.15, -0.1) is 5.10 Å². The minimum absolute atomic E-state index is 0.146. The molecule has 1 aromatic carbocycles. The lowest BCUT2D eigenvalue weighted by Gasteiger charge is -2.17. The summed E-state index contributed by atoms with van der Waals surface area (Å²) in [5.41, 5.74) is 0.305. The highest BCUT2D eigenvalue weighted by Crippen LogP contribution is 2.19. The Kier molecular flexibility index (Phi) is 3.50.